The van der Waals surface area contributed by atoms with Crippen molar-refractivity contribution in [2.75, 3.05) is 32.8 Å². The van der Waals surface area contributed by atoms with E-state index in [9.17, 15) is 9.59 Å². The number of amides is 2. The third-order valence-corrected chi connectivity index (χ3v) is 2.71. The molecule has 0 bridgehead atoms. The Bertz CT molecular complexity index is 265. The predicted molar refractivity (Wildman–Crippen MR) is 63.3 cm³/mol. The standard InChI is InChI=1S/C11H21N3O3/c1-2-3-9(12)11(16)13-8-10(15)14-4-6-17-7-5-14/h9H,2-8,12H2,1H3,(H,13,16). The maximum atomic E-state index is 11.7. The first-order valence-corrected chi connectivity index (χ1v) is 6.04. The molecule has 1 rings (SSSR count). The third-order valence-electron chi connectivity index (χ3n) is 2.71. The third kappa shape index (κ3) is 4.70. The molecule has 3 N–H and O–H groups in total. The number of hydrogen-bond acceptors (Lipinski definition) is 4. The molecular weight excluding hydrogens is 222 g/mol. The Labute approximate surface area is 101 Å². The lowest BCUT2D eigenvalue weighted by molar-refractivity contribution is -0.136. The van der Waals surface area contributed by atoms with Gasteiger partial charge < -0.3 is 20.7 Å². The Morgan fingerprint density at radius 3 is 2.65 bits per heavy atom. The lowest BCUT2D eigenvalue weighted by Gasteiger charge is -2.27. The van der Waals surface area contributed by atoms with E-state index < -0.39 is 6.04 Å². The van der Waals surface area contributed by atoms with Crippen LogP contribution in [0.25, 0.3) is 0 Å². The van der Waals surface area contributed by atoms with E-state index in [-0.39, 0.29) is 18.4 Å². The molecule has 2 amide bonds. The van der Waals surface area contributed by atoms with Crippen molar-refractivity contribution in [3.63, 3.8) is 0 Å². The van der Waals surface area contributed by atoms with Crippen LogP contribution in [0.15, 0.2) is 0 Å². The van der Waals surface area contributed by atoms with Crippen molar-refractivity contribution in [1.82, 2.24) is 10.2 Å². The second kappa shape index (κ2) is 7.24. The Morgan fingerprint density at radius 2 is 2.06 bits per heavy atom. The van der Waals surface area contributed by atoms with Crippen LogP contribution >= 0.6 is 0 Å². The van der Waals surface area contributed by atoms with Gasteiger partial charge >= 0.3 is 0 Å². The van der Waals surface area contributed by atoms with Gasteiger partial charge in [0.25, 0.3) is 0 Å². The molecule has 17 heavy (non-hydrogen) atoms. The van der Waals surface area contributed by atoms with Crippen LogP contribution in [0.1, 0.15) is 19.8 Å². The van der Waals surface area contributed by atoms with Crippen LogP contribution in [0.4, 0.5) is 0 Å². The van der Waals surface area contributed by atoms with Crippen LogP contribution in [-0.4, -0.2) is 55.6 Å². The van der Waals surface area contributed by atoms with E-state index in [4.69, 9.17) is 10.5 Å². The smallest absolute Gasteiger partial charge is 0.242 e. The van der Waals surface area contributed by atoms with E-state index in [2.05, 4.69) is 5.32 Å². The summed E-state index contributed by atoms with van der Waals surface area (Å²) in [5.41, 5.74) is 5.64. The number of morpholine rings is 1. The maximum absolute atomic E-state index is 11.7. The highest BCUT2D eigenvalue weighted by atomic mass is 16.5. The molecule has 1 unspecified atom stereocenters. The fraction of sp³-hybridized carbons (Fsp3) is 0.818. The molecule has 1 aliphatic rings. The first-order valence-electron chi connectivity index (χ1n) is 6.04. The summed E-state index contributed by atoms with van der Waals surface area (Å²) in [4.78, 5) is 24.9. The zero-order valence-electron chi connectivity index (χ0n) is 10.3. The summed E-state index contributed by atoms with van der Waals surface area (Å²) < 4.78 is 5.14. The first kappa shape index (κ1) is 13.9. The highest BCUT2D eigenvalue weighted by Gasteiger charge is 2.18. The molecule has 1 saturated heterocycles. The molecule has 0 saturated carbocycles. The van der Waals surface area contributed by atoms with Gasteiger partial charge in [-0.25, -0.2) is 0 Å². The van der Waals surface area contributed by atoms with Gasteiger partial charge in [-0.3, -0.25) is 9.59 Å². The number of nitrogens with one attached hydrogen (secondary N) is 1. The normalized spacial score (nSPS) is 17.6. The Balaban J connectivity index is 2.24. The summed E-state index contributed by atoms with van der Waals surface area (Å²) in [5, 5.41) is 2.57. The van der Waals surface area contributed by atoms with E-state index in [1.165, 1.54) is 0 Å². The van der Waals surface area contributed by atoms with Crippen molar-refractivity contribution in [3.8, 4) is 0 Å². The van der Waals surface area contributed by atoms with Gasteiger partial charge in [0.15, 0.2) is 0 Å². The topological polar surface area (TPSA) is 84.7 Å². The summed E-state index contributed by atoms with van der Waals surface area (Å²) in [5.74, 6) is -0.334. The van der Waals surface area contributed by atoms with Crippen molar-refractivity contribution in [2.45, 2.75) is 25.8 Å². The lowest BCUT2D eigenvalue weighted by atomic mass is 10.2. The van der Waals surface area contributed by atoms with Gasteiger partial charge in [-0.05, 0) is 6.42 Å². The zero-order valence-corrected chi connectivity index (χ0v) is 10.3. The van der Waals surface area contributed by atoms with E-state index in [0.29, 0.717) is 32.7 Å². The number of ether oxygens (including phenoxy) is 1. The van der Waals surface area contributed by atoms with Crippen LogP contribution in [0.5, 0.6) is 0 Å². The number of nitrogens with zero attached hydrogens (tertiary/aromatic N) is 1. The second-order valence-corrected chi connectivity index (χ2v) is 4.11. The zero-order chi connectivity index (χ0) is 12.7. The summed E-state index contributed by atoms with van der Waals surface area (Å²) >= 11 is 0. The van der Waals surface area contributed by atoms with E-state index in [1.54, 1.807) is 4.90 Å². The minimum Gasteiger partial charge on any atom is -0.378 e. The van der Waals surface area contributed by atoms with Crippen LogP contribution in [0.3, 0.4) is 0 Å². The van der Waals surface area contributed by atoms with E-state index in [1.807, 2.05) is 6.92 Å². The predicted octanol–water partition coefficient (Wildman–Crippen LogP) is -0.911. The fourth-order valence-corrected chi connectivity index (χ4v) is 1.66. The highest BCUT2D eigenvalue weighted by Crippen LogP contribution is 1.97. The van der Waals surface area contributed by atoms with Crippen LogP contribution < -0.4 is 11.1 Å². The molecule has 1 fully saturated rings. The molecule has 0 aromatic heterocycles. The van der Waals surface area contributed by atoms with Crippen molar-refractivity contribution in [2.24, 2.45) is 5.73 Å². The average Bonchev–Trinajstić information content (AvgIpc) is 2.36. The van der Waals surface area contributed by atoms with Crippen LogP contribution in [0, 0.1) is 0 Å². The van der Waals surface area contributed by atoms with Crippen LogP contribution in [-0.2, 0) is 14.3 Å². The molecule has 0 aromatic carbocycles. The molecule has 0 spiro atoms. The molecule has 6 nitrogen and oxygen atoms in total. The van der Waals surface area contributed by atoms with Gasteiger partial charge in [0.1, 0.15) is 0 Å². The van der Waals surface area contributed by atoms with Crippen LogP contribution in [0.2, 0.25) is 0 Å². The quantitative estimate of drug-likeness (QED) is 0.654. The van der Waals surface area contributed by atoms with Gasteiger partial charge in [0, 0.05) is 13.1 Å². The molecule has 6 heteroatoms. The van der Waals surface area contributed by atoms with Gasteiger partial charge in [0.05, 0.1) is 25.8 Å². The van der Waals surface area contributed by atoms with Crippen molar-refractivity contribution < 1.29 is 14.3 Å². The monoisotopic (exact) mass is 243 g/mol. The largest absolute Gasteiger partial charge is 0.378 e. The minimum atomic E-state index is -0.516. The summed E-state index contributed by atoms with van der Waals surface area (Å²) in [6.07, 6.45) is 1.49. The average molecular weight is 243 g/mol. The molecular formula is C11H21N3O3. The van der Waals surface area contributed by atoms with Crippen molar-refractivity contribution >= 4 is 11.8 Å². The summed E-state index contributed by atoms with van der Waals surface area (Å²) in [6.45, 7) is 4.30. The van der Waals surface area contributed by atoms with Gasteiger partial charge in [-0.15, -0.1) is 0 Å². The molecule has 1 atom stereocenters. The number of carbonyl (C=O) groups excluding carboxylic acids is 2. The Kier molecular flexibility index (Phi) is 5.93. The number of hydrogen-bond donors (Lipinski definition) is 2. The van der Waals surface area contributed by atoms with Crippen molar-refractivity contribution in [1.29, 1.82) is 0 Å². The number of rotatable bonds is 5. The van der Waals surface area contributed by atoms with Gasteiger partial charge in [-0.2, -0.15) is 0 Å². The Hall–Kier alpha value is -1.14. The van der Waals surface area contributed by atoms with Gasteiger partial charge in [0.2, 0.25) is 11.8 Å². The molecule has 0 aromatic rings. The minimum absolute atomic E-state index is 0.0241. The number of carbonyl (C=O) groups is 2. The maximum Gasteiger partial charge on any atom is 0.242 e. The summed E-state index contributed by atoms with van der Waals surface area (Å²) in [7, 11) is 0. The molecule has 98 valence electrons. The Morgan fingerprint density at radius 1 is 1.41 bits per heavy atom. The molecule has 0 radical (unpaired) electrons. The van der Waals surface area contributed by atoms with E-state index >= 15 is 0 Å². The summed E-state index contributed by atoms with van der Waals surface area (Å²) in [6, 6.07) is -0.516. The van der Waals surface area contributed by atoms with Crippen molar-refractivity contribution in [3.05, 3.63) is 0 Å². The first-order chi connectivity index (χ1) is 8.15. The van der Waals surface area contributed by atoms with E-state index in [0.717, 1.165) is 6.42 Å². The highest BCUT2D eigenvalue weighted by molar-refractivity contribution is 5.87. The molecule has 1 heterocycles. The lowest BCUT2D eigenvalue weighted by Crippen LogP contribution is -2.48. The fourth-order valence-electron chi connectivity index (χ4n) is 1.66. The molecule has 1 aliphatic heterocycles. The number of nitrogens with two attached hydrogens (primary N) is 1. The molecule has 0 aliphatic carbocycles. The SMILES string of the molecule is CCCC(N)C(=O)NCC(=O)N1CCOCC1. The second-order valence-electron chi connectivity index (χ2n) is 4.11. The van der Waals surface area contributed by atoms with Gasteiger partial charge in [-0.1, -0.05) is 13.3 Å².